The molecule has 9 N–H and O–H groups in total. The van der Waals surface area contributed by atoms with Crippen LogP contribution in [0.2, 0.25) is 0 Å². The molecule has 3 amide bonds. The maximum atomic E-state index is 12.8. The molecule has 0 saturated carbocycles. The third-order valence-corrected chi connectivity index (χ3v) is 4.53. The van der Waals surface area contributed by atoms with Crippen molar-refractivity contribution in [1.29, 1.82) is 0 Å². The van der Waals surface area contributed by atoms with Crippen LogP contribution in [0.15, 0.2) is 0 Å². The van der Waals surface area contributed by atoms with E-state index in [2.05, 4.69) is 10.6 Å². The topological polar surface area (TPSA) is 263 Å². The molecule has 0 radical (unpaired) electrons. The van der Waals surface area contributed by atoms with Gasteiger partial charge in [-0.1, -0.05) is 13.8 Å². The minimum atomic E-state index is -1.77. The second-order valence-electron chi connectivity index (χ2n) is 7.76. The minimum Gasteiger partial charge on any atom is -0.481 e. The van der Waals surface area contributed by atoms with Crippen LogP contribution in [-0.2, 0) is 33.6 Å². The average molecular weight is 490 g/mol. The lowest BCUT2D eigenvalue weighted by Gasteiger charge is -2.26. The number of carboxylic acid groups (broad SMARTS) is 4. The Labute approximate surface area is 194 Å². The number of carboxylic acids is 4. The van der Waals surface area contributed by atoms with E-state index in [-0.39, 0.29) is 12.8 Å². The van der Waals surface area contributed by atoms with Crippen LogP contribution in [0.4, 0.5) is 0 Å². The largest absolute Gasteiger partial charge is 0.481 e. The van der Waals surface area contributed by atoms with Crippen LogP contribution in [0.3, 0.4) is 0 Å². The van der Waals surface area contributed by atoms with Crippen molar-refractivity contribution in [3.8, 4) is 0 Å². The molecule has 0 aliphatic heterocycles. The zero-order chi connectivity index (χ0) is 26.6. The lowest BCUT2D eigenvalue weighted by Crippen LogP contribution is -2.58. The molecule has 4 atom stereocenters. The average Bonchev–Trinajstić information content (AvgIpc) is 2.71. The van der Waals surface area contributed by atoms with Gasteiger partial charge in [0.25, 0.3) is 0 Å². The van der Waals surface area contributed by atoms with Gasteiger partial charge in [0, 0.05) is 12.8 Å². The SMILES string of the molecule is CC(C)C(NC(=O)C(CCC(=O)O)NC(=O)C(N)CCC(=O)O)C(=O)NC(CC(=O)O)C(=O)O. The zero-order valence-electron chi connectivity index (χ0n) is 18.6. The van der Waals surface area contributed by atoms with Gasteiger partial charge in [0.15, 0.2) is 0 Å². The van der Waals surface area contributed by atoms with E-state index in [9.17, 15) is 33.6 Å². The second-order valence-corrected chi connectivity index (χ2v) is 7.76. The number of amides is 3. The van der Waals surface area contributed by atoms with Gasteiger partial charge in [0.2, 0.25) is 17.7 Å². The van der Waals surface area contributed by atoms with Crippen LogP contribution in [0.1, 0.15) is 46.0 Å². The summed E-state index contributed by atoms with van der Waals surface area (Å²) in [7, 11) is 0. The molecule has 0 aromatic carbocycles. The maximum Gasteiger partial charge on any atom is 0.326 e. The molecular weight excluding hydrogens is 460 g/mol. The van der Waals surface area contributed by atoms with Gasteiger partial charge in [-0.15, -0.1) is 0 Å². The smallest absolute Gasteiger partial charge is 0.326 e. The Morgan fingerprint density at radius 3 is 1.62 bits per heavy atom. The Morgan fingerprint density at radius 2 is 1.18 bits per heavy atom. The van der Waals surface area contributed by atoms with Gasteiger partial charge in [-0.3, -0.25) is 28.8 Å². The molecular formula is C19H30N4O11. The Balaban J connectivity index is 5.48. The van der Waals surface area contributed by atoms with Crippen molar-refractivity contribution in [2.45, 2.75) is 70.1 Å². The van der Waals surface area contributed by atoms with Crippen LogP contribution < -0.4 is 21.7 Å². The van der Waals surface area contributed by atoms with E-state index in [4.69, 9.17) is 26.2 Å². The van der Waals surface area contributed by atoms with Gasteiger partial charge in [0.1, 0.15) is 18.1 Å². The van der Waals surface area contributed by atoms with Crippen LogP contribution in [0.25, 0.3) is 0 Å². The van der Waals surface area contributed by atoms with Crippen molar-refractivity contribution < 1.29 is 54.0 Å². The number of nitrogens with two attached hydrogens (primary N) is 1. The van der Waals surface area contributed by atoms with E-state index in [0.29, 0.717) is 0 Å². The van der Waals surface area contributed by atoms with E-state index in [1.807, 2.05) is 5.32 Å². The molecule has 15 heteroatoms. The summed E-state index contributed by atoms with van der Waals surface area (Å²) < 4.78 is 0. The predicted octanol–water partition coefficient (Wildman–Crippen LogP) is -2.29. The summed E-state index contributed by atoms with van der Waals surface area (Å²) in [5.41, 5.74) is 5.60. The number of hydrogen-bond acceptors (Lipinski definition) is 8. The summed E-state index contributed by atoms with van der Waals surface area (Å²) in [4.78, 5) is 81.1. The quantitative estimate of drug-likeness (QED) is 0.114. The van der Waals surface area contributed by atoms with Gasteiger partial charge in [-0.05, 0) is 18.8 Å². The summed E-state index contributed by atoms with van der Waals surface area (Å²) >= 11 is 0. The fourth-order valence-corrected chi connectivity index (χ4v) is 2.65. The van der Waals surface area contributed by atoms with Gasteiger partial charge in [-0.25, -0.2) is 4.79 Å². The van der Waals surface area contributed by atoms with E-state index in [1.165, 1.54) is 13.8 Å². The van der Waals surface area contributed by atoms with Crippen molar-refractivity contribution >= 4 is 41.6 Å². The van der Waals surface area contributed by atoms with Crippen LogP contribution in [0.5, 0.6) is 0 Å². The minimum absolute atomic E-state index is 0.244. The van der Waals surface area contributed by atoms with Crippen molar-refractivity contribution in [3.05, 3.63) is 0 Å². The van der Waals surface area contributed by atoms with E-state index >= 15 is 0 Å². The van der Waals surface area contributed by atoms with Gasteiger partial charge >= 0.3 is 23.9 Å². The molecule has 0 heterocycles. The highest BCUT2D eigenvalue weighted by Gasteiger charge is 2.32. The Morgan fingerprint density at radius 1 is 0.676 bits per heavy atom. The summed E-state index contributed by atoms with van der Waals surface area (Å²) in [6, 6.07) is -5.87. The molecule has 34 heavy (non-hydrogen) atoms. The molecule has 0 spiro atoms. The molecule has 15 nitrogen and oxygen atoms in total. The molecule has 0 aliphatic rings. The molecule has 0 aliphatic carbocycles. The van der Waals surface area contributed by atoms with E-state index in [1.54, 1.807) is 0 Å². The van der Waals surface area contributed by atoms with Crippen molar-refractivity contribution in [2.75, 3.05) is 0 Å². The number of hydrogen-bond donors (Lipinski definition) is 8. The second kappa shape index (κ2) is 14.4. The molecule has 192 valence electrons. The van der Waals surface area contributed by atoms with Crippen LogP contribution in [-0.4, -0.2) is 86.2 Å². The first-order valence-corrected chi connectivity index (χ1v) is 10.2. The Kier molecular flexibility index (Phi) is 12.8. The van der Waals surface area contributed by atoms with Gasteiger partial charge in [0.05, 0.1) is 12.5 Å². The normalized spacial score (nSPS) is 14.2. The molecule has 0 saturated heterocycles. The summed E-state index contributed by atoms with van der Waals surface area (Å²) in [5.74, 6) is -9.06. The highest BCUT2D eigenvalue weighted by molar-refractivity contribution is 5.95. The van der Waals surface area contributed by atoms with E-state index < -0.39 is 90.9 Å². The molecule has 0 bridgehead atoms. The molecule has 0 aromatic heterocycles. The summed E-state index contributed by atoms with van der Waals surface area (Å²) in [5, 5.41) is 42.0. The Bertz CT molecular complexity index is 799. The highest BCUT2D eigenvalue weighted by Crippen LogP contribution is 2.07. The zero-order valence-corrected chi connectivity index (χ0v) is 18.6. The number of aliphatic carboxylic acids is 4. The fourth-order valence-electron chi connectivity index (χ4n) is 2.65. The van der Waals surface area contributed by atoms with Crippen LogP contribution in [0, 0.1) is 5.92 Å². The Hall–Kier alpha value is -3.75. The molecule has 0 aromatic rings. The predicted molar refractivity (Wildman–Crippen MR) is 112 cm³/mol. The van der Waals surface area contributed by atoms with Gasteiger partial charge in [-0.2, -0.15) is 0 Å². The van der Waals surface area contributed by atoms with E-state index in [0.717, 1.165) is 0 Å². The first-order valence-electron chi connectivity index (χ1n) is 10.2. The summed E-state index contributed by atoms with van der Waals surface area (Å²) in [6.07, 6.45) is -2.50. The fraction of sp³-hybridized carbons (Fsp3) is 0.632. The number of carbonyl (C=O) groups excluding carboxylic acids is 3. The summed E-state index contributed by atoms with van der Waals surface area (Å²) in [6.45, 7) is 3.01. The van der Waals surface area contributed by atoms with Gasteiger partial charge < -0.3 is 42.1 Å². The van der Waals surface area contributed by atoms with Crippen molar-refractivity contribution in [3.63, 3.8) is 0 Å². The van der Waals surface area contributed by atoms with Crippen molar-refractivity contribution in [1.82, 2.24) is 16.0 Å². The third kappa shape index (κ3) is 11.8. The van der Waals surface area contributed by atoms with Crippen molar-refractivity contribution in [2.24, 2.45) is 11.7 Å². The first kappa shape index (κ1) is 30.2. The molecule has 4 unspecified atom stereocenters. The molecule has 0 rings (SSSR count). The molecule has 0 fully saturated rings. The lowest BCUT2D eigenvalue weighted by molar-refractivity contribution is -0.147. The monoisotopic (exact) mass is 490 g/mol. The first-order chi connectivity index (χ1) is 15.6. The number of nitrogens with one attached hydrogen (secondary N) is 3. The maximum absolute atomic E-state index is 12.8. The standard InChI is InChI=1S/C19H30N4O11/c1-8(2)15(18(32)22-11(19(33)34)7-14(28)29)23-17(31)10(4-6-13(26)27)21-16(30)9(20)3-5-12(24)25/h8-11,15H,3-7,20H2,1-2H3,(H,21,30)(H,22,32)(H,23,31)(H,24,25)(H,26,27)(H,28,29)(H,33,34). The number of carbonyl (C=O) groups is 7. The highest BCUT2D eigenvalue weighted by atomic mass is 16.4. The van der Waals surface area contributed by atoms with Crippen LogP contribution >= 0.6 is 0 Å². The number of rotatable bonds is 16. The third-order valence-electron chi connectivity index (χ3n) is 4.53. The lowest BCUT2D eigenvalue weighted by atomic mass is 10.0.